The van der Waals surface area contributed by atoms with Gasteiger partial charge in [-0.05, 0) is 48.4 Å². The van der Waals surface area contributed by atoms with Gasteiger partial charge >= 0.3 is 0 Å². The van der Waals surface area contributed by atoms with Crippen LogP contribution >= 0.6 is 23.2 Å². The highest BCUT2D eigenvalue weighted by atomic mass is 35.5. The van der Waals surface area contributed by atoms with Crippen molar-refractivity contribution in [3.8, 4) is 5.75 Å². The van der Waals surface area contributed by atoms with Crippen molar-refractivity contribution in [2.45, 2.75) is 6.92 Å². The molecular formula is C16H14Cl2N2O2. The number of hydrazone groups is 1. The summed E-state index contributed by atoms with van der Waals surface area (Å²) in [6, 6.07) is 12.3. The lowest BCUT2D eigenvalue weighted by molar-refractivity contribution is -0.123. The van der Waals surface area contributed by atoms with Crippen molar-refractivity contribution >= 4 is 35.3 Å². The number of hydrogen-bond acceptors (Lipinski definition) is 3. The van der Waals surface area contributed by atoms with E-state index in [9.17, 15) is 4.79 Å². The molecule has 0 bridgehead atoms. The lowest BCUT2D eigenvalue weighted by atomic mass is 10.2. The van der Waals surface area contributed by atoms with Crippen molar-refractivity contribution in [2.75, 3.05) is 6.61 Å². The van der Waals surface area contributed by atoms with Gasteiger partial charge < -0.3 is 4.74 Å². The molecule has 0 aliphatic carbocycles. The fraction of sp³-hybridized carbons (Fsp3) is 0.125. The van der Waals surface area contributed by atoms with Crippen molar-refractivity contribution in [2.24, 2.45) is 5.10 Å². The molecule has 2 aromatic carbocycles. The van der Waals surface area contributed by atoms with Gasteiger partial charge in [0.05, 0.1) is 6.21 Å². The van der Waals surface area contributed by atoms with Crippen molar-refractivity contribution in [3.63, 3.8) is 0 Å². The first-order chi connectivity index (χ1) is 10.5. The summed E-state index contributed by atoms with van der Waals surface area (Å²) < 4.78 is 5.41. The molecule has 0 heterocycles. The molecule has 114 valence electrons. The zero-order valence-electron chi connectivity index (χ0n) is 11.8. The summed E-state index contributed by atoms with van der Waals surface area (Å²) in [7, 11) is 0. The van der Waals surface area contributed by atoms with Crippen LogP contribution in [0.1, 0.15) is 11.1 Å². The Morgan fingerprint density at radius 3 is 2.55 bits per heavy atom. The molecule has 0 aromatic heterocycles. The van der Waals surface area contributed by atoms with E-state index < -0.39 is 0 Å². The molecule has 0 aliphatic rings. The van der Waals surface area contributed by atoms with E-state index in [2.05, 4.69) is 10.5 Å². The average molecular weight is 337 g/mol. The molecule has 1 amide bonds. The summed E-state index contributed by atoms with van der Waals surface area (Å²) in [5.41, 5.74) is 4.09. The van der Waals surface area contributed by atoms with Gasteiger partial charge in [-0.15, -0.1) is 0 Å². The summed E-state index contributed by atoms with van der Waals surface area (Å²) in [5.74, 6) is 0.265. The van der Waals surface area contributed by atoms with Crippen LogP contribution in [0.4, 0.5) is 0 Å². The highest BCUT2D eigenvalue weighted by Gasteiger charge is 2.04. The van der Waals surface area contributed by atoms with E-state index in [0.29, 0.717) is 15.8 Å². The van der Waals surface area contributed by atoms with E-state index in [4.69, 9.17) is 27.9 Å². The standard InChI is InChI=1S/C16H14Cl2N2O2/c1-11-8-14(18)6-7-15(11)22-10-16(21)20-19-9-12-2-4-13(17)5-3-12/h2-9H,10H2,1H3,(H,20,21)/b19-9-. The lowest BCUT2D eigenvalue weighted by Crippen LogP contribution is -2.24. The lowest BCUT2D eigenvalue weighted by Gasteiger charge is -2.08. The number of ether oxygens (including phenoxy) is 1. The number of amides is 1. The normalized spacial score (nSPS) is 10.7. The summed E-state index contributed by atoms with van der Waals surface area (Å²) in [6.45, 7) is 1.73. The van der Waals surface area contributed by atoms with Gasteiger partial charge in [-0.25, -0.2) is 5.43 Å². The maximum Gasteiger partial charge on any atom is 0.277 e. The molecular weight excluding hydrogens is 323 g/mol. The van der Waals surface area contributed by atoms with Crippen LogP contribution in [0.5, 0.6) is 5.75 Å². The molecule has 2 aromatic rings. The Morgan fingerprint density at radius 1 is 1.18 bits per heavy atom. The molecule has 22 heavy (non-hydrogen) atoms. The SMILES string of the molecule is Cc1cc(Cl)ccc1OCC(=O)N/N=C\c1ccc(Cl)cc1. The number of aryl methyl sites for hydroxylation is 1. The second-order valence-electron chi connectivity index (χ2n) is 4.54. The Kier molecular flexibility index (Phi) is 5.81. The van der Waals surface area contributed by atoms with E-state index in [1.165, 1.54) is 6.21 Å². The molecule has 6 heteroatoms. The number of nitrogens with one attached hydrogen (secondary N) is 1. The number of carbonyl (C=O) groups excluding carboxylic acids is 1. The Morgan fingerprint density at radius 2 is 1.86 bits per heavy atom. The third-order valence-electron chi connectivity index (χ3n) is 2.77. The summed E-state index contributed by atoms with van der Waals surface area (Å²) in [5, 5.41) is 5.12. The van der Waals surface area contributed by atoms with Crippen molar-refractivity contribution in [1.29, 1.82) is 0 Å². The molecule has 0 saturated heterocycles. The smallest absolute Gasteiger partial charge is 0.277 e. The van der Waals surface area contributed by atoms with E-state index in [1.807, 2.05) is 6.92 Å². The van der Waals surface area contributed by atoms with E-state index in [0.717, 1.165) is 11.1 Å². The fourth-order valence-electron chi connectivity index (χ4n) is 1.68. The Labute approximate surface area is 138 Å². The van der Waals surface area contributed by atoms with Gasteiger partial charge in [0.2, 0.25) is 0 Å². The first-order valence-electron chi connectivity index (χ1n) is 6.51. The maximum atomic E-state index is 11.6. The minimum atomic E-state index is -0.348. The first kappa shape index (κ1) is 16.3. The molecule has 1 N–H and O–H groups in total. The molecule has 0 radical (unpaired) electrons. The third kappa shape index (κ3) is 5.06. The van der Waals surface area contributed by atoms with Crippen molar-refractivity contribution < 1.29 is 9.53 Å². The van der Waals surface area contributed by atoms with E-state index >= 15 is 0 Å². The van der Waals surface area contributed by atoms with Crippen LogP contribution in [-0.2, 0) is 4.79 Å². The summed E-state index contributed by atoms with van der Waals surface area (Å²) in [4.78, 5) is 11.6. The van der Waals surface area contributed by atoms with Gasteiger partial charge in [0.1, 0.15) is 5.75 Å². The van der Waals surface area contributed by atoms with Gasteiger partial charge in [-0.2, -0.15) is 5.10 Å². The number of hydrogen-bond donors (Lipinski definition) is 1. The third-order valence-corrected chi connectivity index (χ3v) is 3.26. The zero-order valence-corrected chi connectivity index (χ0v) is 13.4. The zero-order chi connectivity index (χ0) is 15.9. The number of rotatable bonds is 5. The largest absolute Gasteiger partial charge is 0.483 e. The minimum Gasteiger partial charge on any atom is -0.483 e. The van der Waals surface area contributed by atoms with Crippen LogP contribution < -0.4 is 10.2 Å². The van der Waals surface area contributed by atoms with Crippen LogP contribution in [-0.4, -0.2) is 18.7 Å². The second kappa shape index (κ2) is 7.82. The fourth-order valence-corrected chi connectivity index (χ4v) is 2.03. The second-order valence-corrected chi connectivity index (χ2v) is 5.42. The predicted octanol–water partition coefficient (Wildman–Crippen LogP) is 3.83. The minimum absolute atomic E-state index is 0.125. The predicted molar refractivity (Wildman–Crippen MR) is 88.9 cm³/mol. The summed E-state index contributed by atoms with van der Waals surface area (Å²) >= 11 is 11.6. The topological polar surface area (TPSA) is 50.7 Å². The van der Waals surface area contributed by atoms with Gasteiger partial charge in [-0.1, -0.05) is 35.3 Å². The number of nitrogens with zero attached hydrogens (tertiary/aromatic N) is 1. The molecule has 0 atom stereocenters. The highest BCUT2D eigenvalue weighted by molar-refractivity contribution is 6.30. The van der Waals surface area contributed by atoms with Crippen LogP contribution in [0.25, 0.3) is 0 Å². The Bertz CT molecular complexity index is 685. The van der Waals surface area contributed by atoms with Gasteiger partial charge in [0, 0.05) is 10.0 Å². The highest BCUT2D eigenvalue weighted by Crippen LogP contribution is 2.21. The maximum absolute atomic E-state index is 11.6. The van der Waals surface area contributed by atoms with E-state index in [1.54, 1.807) is 42.5 Å². The van der Waals surface area contributed by atoms with Crippen LogP contribution in [0.2, 0.25) is 10.0 Å². The number of carbonyl (C=O) groups is 1. The van der Waals surface area contributed by atoms with Crippen LogP contribution in [0.3, 0.4) is 0 Å². The molecule has 0 unspecified atom stereocenters. The van der Waals surface area contributed by atoms with Crippen molar-refractivity contribution in [1.82, 2.24) is 5.43 Å². The monoisotopic (exact) mass is 336 g/mol. The molecule has 0 spiro atoms. The molecule has 0 saturated carbocycles. The molecule has 2 rings (SSSR count). The first-order valence-corrected chi connectivity index (χ1v) is 7.26. The Hall–Kier alpha value is -2.04. The quantitative estimate of drug-likeness (QED) is 0.666. The summed E-state index contributed by atoms with van der Waals surface area (Å²) in [6.07, 6.45) is 1.53. The average Bonchev–Trinajstić information content (AvgIpc) is 2.48. The number of benzene rings is 2. The molecule has 0 fully saturated rings. The molecule has 4 nitrogen and oxygen atoms in total. The van der Waals surface area contributed by atoms with Gasteiger partial charge in [0.25, 0.3) is 5.91 Å². The van der Waals surface area contributed by atoms with Gasteiger partial charge in [0.15, 0.2) is 6.61 Å². The Balaban J connectivity index is 1.81. The van der Waals surface area contributed by atoms with Crippen LogP contribution in [0, 0.1) is 6.92 Å². The van der Waals surface area contributed by atoms with Gasteiger partial charge in [-0.3, -0.25) is 4.79 Å². The van der Waals surface area contributed by atoms with Crippen LogP contribution in [0.15, 0.2) is 47.6 Å². The van der Waals surface area contributed by atoms with Crippen molar-refractivity contribution in [3.05, 3.63) is 63.6 Å². The molecule has 0 aliphatic heterocycles. The van der Waals surface area contributed by atoms with E-state index in [-0.39, 0.29) is 12.5 Å². The number of halogens is 2.